The number of aromatic hydroxyl groups is 1. The van der Waals surface area contributed by atoms with Crippen molar-refractivity contribution in [1.82, 2.24) is 0 Å². The van der Waals surface area contributed by atoms with Gasteiger partial charge in [-0.25, -0.2) is 16.8 Å². The number of rotatable bonds is 5. The molecule has 0 amide bonds. The fraction of sp³-hybridized carbons (Fsp3) is 0.368. The molecule has 2 atom stereocenters. The third-order valence-corrected chi connectivity index (χ3v) is 8.35. The molecule has 1 saturated heterocycles. The SMILES string of the molecule is CC(C)c1ccc(S(=O)(=O)N(c2cccc(O)c2)[C@H]2CS(=O)(=O)C[C@H]2O)cc1. The molecule has 1 heterocycles. The van der Waals surface area contributed by atoms with Crippen molar-refractivity contribution in [2.24, 2.45) is 0 Å². The summed E-state index contributed by atoms with van der Waals surface area (Å²) in [4.78, 5) is -0.0169. The normalized spacial score (nSPS) is 21.7. The molecule has 0 aromatic heterocycles. The summed E-state index contributed by atoms with van der Waals surface area (Å²) in [7, 11) is -7.77. The minimum Gasteiger partial charge on any atom is -0.508 e. The van der Waals surface area contributed by atoms with Crippen LogP contribution in [0.25, 0.3) is 0 Å². The van der Waals surface area contributed by atoms with Crippen LogP contribution in [-0.2, 0) is 19.9 Å². The van der Waals surface area contributed by atoms with E-state index in [2.05, 4.69) is 0 Å². The summed E-state index contributed by atoms with van der Waals surface area (Å²) >= 11 is 0. The molecule has 152 valence electrons. The molecule has 3 rings (SSSR count). The first kappa shape index (κ1) is 20.6. The second kappa shape index (κ2) is 7.38. The molecule has 1 fully saturated rings. The van der Waals surface area contributed by atoms with E-state index in [1.54, 1.807) is 12.1 Å². The van der Waals surface area contributed by atoms with Crippen LogP contribution in [0, 0.1) is 0 Å². The molecule has 28 heavy (non-hydrogen) atoms. The number of nitrogens with zero attached hydrogens (tertiary/aromatic N) is 1. The Morgan fingerprint density at radius 2 is 1.71 bits per heavy atom. The Labute approximate surface area is 165 Å². The molecule has 0 saturated carbocycles. The zero-order valence-electron chi connectivity index (χ0n) is 15.6. The van der Waals surface area contributed by atoms with Crippen LogP contribution in [-0.4, -0.2) is 50.7 Å². The number of phenols is 1. The molecule has 0 unspecified atom stereocenters. The van der Waals surface area contributed by atoms with Crippen molar-refractivity contribution in [3.05, 3.63) is 54.1 Å². The molecule has 2 aromatic carbocycles. The minimum atomic E-state index is -4.18. The predicted octanol–water partition coefficient (Wildman–Crippen LogP) is 1.87. The van der Waals surface area contributed by atoms with Crippen molar-refractivity contribution in [3.63, 3.8) is 0 Å². The van der Waals surface area contributed by atoms with Gasteiger partial charge in [-0.05, 0) is 35.7 Å². The highest BCUT2D eigenvalue weighted by molar-refractivity contribution is 7.93. The quantitative estimate of drug-likeness (QED) is 0.756. The lowest BCUT2D eigenvalue weighted by molar-refractivity contribution is 0.184. The Morgan fingerprint density at radius 3 is 2.21 bits per heavy atom. The van der Waals surface area contributed by atoms with E-state index in [0.29, 0.717) is 0 Å². The standard InChI is InChI=1S/C19H23NO6S2/c1-13(2)14-6-8-17(9-7-14)28(25,26)20(15-4-3-5-16(21)10-15)18-11-27(23,24)12-19(18)22/h3-10,13,18-19,21-22H,11-12H2,1-2H3/t18-,19+/m0/s1. The first-order chi connectivity index (χ1) is 13.0. The summed E-state index contributed by atoms with van der Waals surface area (Å²) in [5.41, 5.74) is 1.06. The zero-order valence-corrected chi connectivity index (χ0v) is 17.2. The molecule has 1 aliphatic heterocycles. The molecule has 7 nitrogen and oxygen atoms in total. The van der Waals surface area contributed by atoms with Crippen molar-refractivity contribution >= 4 is 25.5 Å². The van der Waals surface area contributed by atoms with Crippen molar-refractivity contribution in [1.29, 1.82) is 0 Å². The highest BCUT2D eigenvalue weighted by Gasteiger charge is 2.45. The molecule has 0 aliphatic carbocycles. The van der Waals surface area contributed by atoms with E-state index >= 15 is 0 Å². The summed E-state index contributed by atoms with van der Waals surface area (Å²) in [6, 6.07) is 10.7. The monoisotopic (exact) mass is 425 g/mol. The molecule has 2 aromatic rings. The first-order valence-electron chi connectivity index (χ1n) is 8.83. The molecule has 0 spiro atoms. The topological polar surface area (TPSA) is 112 Å². The number of hydrogen-bond acceptors (Lipinski definition) is 6. The van der Waals surface area contributed by atoms with Crippen LogP contribution in [0.1, 0.15) is 25.3 Å². The van der Waals surface area contributed by atoms with Gasteiger partial charge in [0.15, 0.2) is 9.84 Å². The van der Waals surface area contributed by atoms with Crippen LogP contribution in [0.5, 0.6) is 5.75 Å². The summed E-state index contributed by atoms with van der Waals surface area (Å²) in [6.07, 6.45) is -1.36. The lowest BCUT2D eigenvalue weighted by Gasteiger charge is -2.31. The third-order valence-electron chi connectivity index (χ3n) is 4.78. The number of hydrogen-bond donors (Lipinski definition) is 2. The summed E-state index contributed by atoms with van der Waals surface area (Å²) in [6.45, 7) is 3.98. The maximum atomic E-state index is 13.4. The maximum absolute atomic E-state index is 13.4. The van der Waals surface area contributed by atoms with E-state index in [1.807, 2.05) is 13.8 Å². The lowest BCUT2D eigenvalue weighted by Crippen LogP contribution is -2.47. The van der Waals surface area contributed by atoms with Gasteiger partial charge in [0.1, 0.15) is 5.75 Å². The van der Waals surface area contributed by atoms with Crippen molar-refractivity contribution in [3.8, 4) is 5.75 Å². The second-order valence-electron chi connectivity index (χ2n) is 7.26. The number of aliphatic hydroxyl groups excluding tert-OH is 1. The van der Waals surface area contributed by atoms with Gasteiger partial charge in [0, 0.05) is 6.07 Å². The van der Waals surface area contributed by atoms with Gasteiger partial charge < -0.3 is 10.2 Å². The Hall–Kier alpha value is -2.10. The number of benzene rings is 2. The van der Waals surface area contributed by atoms with Gasteiger partial charge in [0.2, 0.25) is 0 Å². The van der Waals surface area contributed by atoms with Gasteiger partial charge in [-0.1, -0.05) is 32.0 Å². The number of sulfone groups is 1. The second-order valence-corrected chi connectivity index (χ2v) is 11.2. The lowest BCUT2D eigenvalue weighted by atomic mass is 10.0. The van der Waals surface area contributed by atoms with E-state index in [1.165, 1.54) is 36.4 Å². The first-order valence-corrected chi connectivity index (χ1v) is 12.1. The van der Waals surface area contributed by atoms with Crippen LogP contribution in [0.4, 0.5) is 5.69 Å². The Morgan fingerprint density at radius 1 is 1.07 bits per heavy atom. The van der Waals surface area contributed by atoms with Gasteiger partial charge in [-0.3, -0.25) is 4.31 Å². The molecular weight excluding hydrogens is 402 g/mol. The predicted molar refractivity (Wildman–Crippen MR) is 107 cm³/mol. The van der Waals surface area contributed by atoms with Gasteiger partial charge in [-0.15, -0.1) is 0 Å². The molecule has 0 radical (unpaired) electrons. The average molecular weight is 426 g/mol. The average Bonchev–Trinajstić information content (AvgIpc) is 2.87. The number of aliphatic hydroxyl groups is 1. The Balaban J connectivity index is 2.13. The van der Waals surface area contributed by atoms with Crippen LogP contribution in [0.2, 0.25) is 0 Å². The number of anilines is 1. The number of phenolic OH excluding ortho intramolecular Hbond substituents is 1. The van der Waals surface area contributed by atoms with E-state index in [-0.39, 0.29) is 22.3 Å². The minimum absolute atomic E-state index is 0.0169. The van der Waals surface area contributed by atoms with Crippen LogP contribution in [0.3, 0.4) is 0 Å². The summed E-state index contributed by atoms with van der Waals surface area (Å²) < 4.78 is 51.7. The van der Waals surface area contributed by atoms with Gasteiger partial charge in [0.25, 0.3) is 10.0 Å². The molecule has 9 heteroatoms. The van der Waals surface area contributed by atoms with Crippen molar-refractivity contribution in [2.45, 2.75) is 36.8 Å². The zero-order chi connectivity index (χ0) is 20.7. The van der Waals surface area contributed by atoms with Gasteiger partial charge >= 0.3 is 0 Å². The van der Waals surface area contributed by atoms with E-state index in [9.17, 15) is 27.0 Å². The van der Waals surface area contributed by atoms with Crippen LogP contribution < -0.4 is 4.31 Å². The Bertz CT molecular complexity index is 1060. The van der Waals surface area contributed by atoms with Gasteiger partial charge in [-0.2, -0.15) is 0 Å². The fourth-order valence-corrected chi connectivity index (χ4v) is 6.85. The largest absolute Gasteiger partial charge is 0.508 e. The molecule has 0 bridgehead atoms. The van der Waals surface area contributed by atoms with E-state index < -0.39 is 43.5 Å². The fourth-order valence-electron chi connectivity index (χ4n) is 3.31. The smallest absolute Gasteiger partial charge is 0.264 e. The van der Waals surface area contributed by atoms with Crippen LogP contribution >= 0.6 is 0 Å². The van der Waals surface area contributed by atoms with Crippen molar-refractivity contribution < 1.29 is 27.0 Å². The number of sulfonamides is 1. The summed E-state index contributed by atoms with van der Waals surface area (Å²) in [5, 5.41) is 20.1. The maximum Gasteiger partial charge on any atom is 0.264 e. The van der Waals surface area contributed by atoms with E-state index in [4.69, 9.17) is 0 Å². The highest BCUT2D eigenvalue weighted by Crippen LogP contribution is 2.33. The third kappa shape index (κ3) is 4.01. The van der Waals surface area contributed by atoms with Crippen molar-refractivity contribution in [2.75, 3.05) is 15.8 Å². The molecule has 2 N–H and O–H groups in total. The molecule has 1 aliphatic rings. The van der Waals surface area contributed by atoms with Gasteiger partial charge in [0.05, 0.1) is 34.2 Å². The van der Waals surface area contributed by atoms with E-state index in [0.717, 1.165) is 9.87 Å². The van der Waals surface area contributed by atoms with Crippen LogP contribution in [0.15, 0.2) is 53.4 Å². The summed E-state index contributed by atoms with van der Waals surface area (Å²) in [5.74, 6) is -0.939. The highest BCUT2D eigenvalue weighted by atomic mass is 32.2. The Kier molecular flexibility index (Phi) is 5.44. The molecular formula is C19H23NO6S2.